The lowest BCUT2D eigenvalue weighted by molar-refractivity contribution is 0.0996. The predicted molar refractivity (Wildman–Crippen MR) is 73.4 cm³/mol. The van der Waals surface area contributed by atoms with E-state index in [0.29, 0.717) is 18.1 Å². The molecule has 1 aliphatic carbocycles. The number of aromatic nitrogens is 2. The molecule has 2 saturated heterocycles. The van der Waals surface area contributed by atoms with E-state index in [1.165, 1.54) is 25.7 Å². The van der Waals surface area contributed by atoms with E-state index >= 15 is 0 Å². The van der Waals surface area contributed by atoms with Crippen LogP contribution in [-0.4, -0.2) is 28.4 Å². The van der Waals surface area contributed by atoms with Crippen LogP contribution in [0.1, 0.15) is 74.9 Å². The molecular formula is C15H23N3O2. The summed E-state index contributed by atoms with van der Waals surface area (Å²) in [6.45, 7) is 0. The molecule has 5 unspecified atom stereocenters. The van der Waals surface area contributed by atoms with Crippen LogP contribution < -0.4 is 5.73 Å². The topological polar surface area (TPSA) is 74.2 Å². The van der Waals surface area contributed by atoms with E-state index in [-0.39, 0.29) is 12.0 Å². The summed E-state index contributed by atoms with van der Waals surface area (Å²) in [4.78, 5) is 4.69. The predicted octanol–water partition coefficient (Wildman–Crippen LogP) is 2.48. The molecule has 0 aromatic carbocycles. The number of hydrogen-bond donors (Lipinski definition) is 1. The molecule has 1 aromatic rings. The van der Waals surface area contributed by atoms with Crippen LogP contribution in [0.25, 0.3) is 0 Å². The molecule has 2 bridgehead atoms. The van der Waals surface area contributed by atoms with E-state index in [4.69, 9.17) is 15.0 Å². The molecule has 0 spiro atoms. The van der Waals surface area contributed by atoms with E-state index in [9.17, 15) is 0 Å². The molecule has 3 heterocycles. The minimum Gasteiger partial charge on any atom is -0.374 e. The highest BCUT2D eigenvalue weighted by molar-refractivity contribution is 5.09. The van der Waals surface area contributed by atoms with Gasteiger partial charge >= 0.3 is 0 Å². The largest absolute Gasteiger partial charge is 0.374 e. The fourth-order valence-electron chi connectivity index (χ4n) is 4.10. The van der Waals surface area contributed by atoms with E-state index in [1.54, 1.807) is 0 Å². The highest BCUT2D eigenvalue weighted by atomic mass is 16.5. The summed E-state index contributed by atoms with van der Waals surface area (Å²) in [6, 6.07) is 0.169. The fourth-order valence-corrected chi connectivity index (χ4v) is 4.10. The molecule has 20 heavy (non-hydrogen) atoms. The standard InChI is InChI=1S/C15H23N3O2/c16-12-5-3-1-2-4-10(12)15-17-14(18-20-15)11-8-9-6-7-13(11)19-9/h9-13H,1-8,16H2. The number of hydrogen-bond acceptors (Lipinski definition) is 5. The Morgan fingerprint density at radius 3 is 2.70 bits per heavy atom. The van der Waals surface area contributed by atoms with Gasteiger partial charge in [-0.25, -0.2) is 0 Å². The van der Waals surface area contributed by atoms with E-state index in [0.717, 1.165) is 37.4 Å². The zero-order valence-electron chi connectivity index (χ0n) is 11.8. The summed E-state index contributed by atoms with van der Waals surface area (Å²) in [5, 5.41) is 4.24. The van der Waals surface area contributed by atoms with Crippen molar-refractivity contribution < 1.29 is 9.26 Å². The van der Waals surface area contributed by atoms with Crippen LogP contribution in [0.4, 0.5) is 0 Å². The van der Waals surface area contributed by atoms with Crippen LogP contribution >= 0.6 is 0 Å². The first kappa shape index (κ1) is 12.8. The van der Waals surface area contributed by atoms with Gasteiger partial charge in [0.25, 0.3) is 0 Å². The third-order valence-corrected chi connectivity index (χ3v) is 5.28. The maximum Gasteiger partial charge on any atom is 0.231 e. The monoisotopic (exact) mass is 277 g/mol. The Bertz CT molecular complexity index is 475. The van der Waals surface area contributed by atoms with Crippen molar-refractivity contribution in [3.63, 3.8) is 0 Å². The summed E-state index contributed by atoms with van der Waals surface area (Å²) in [6.07, 6.45) is 9.98. The minimum atomic E-state index is 0.169. The molecule has 4 rings (SSSR count). The second-order valence-corrected chi connectivity index (χ2v) is 6.62. The highest BCUT2D eigenvalue weighted by Crippen LogP contribution is 2.43. The molecule has 5 nitrogen and oxygen atoms in total. The molecule has 3 aliphatic rings. The maximum atomic E-state index is 6.28. The van der Waals surface area contributed by atoms with Crippen LogP contribution in [0.15, 0.2) is 4.52 Å². The molecule has 1 aromatic heterocycles. The van der Waals surface area contributed by atoms with Crippen molar-refractivity contribution >= 4 is 0 Å². The number of ether oxygens (including phenoxy) is 1. The lowest BCUT2D eigenvalue weighted by atomic mass is 9.88. The van der Waals surface area contributed by atoms with Gasteiger partial charge in [-0.1, -0.05) is 24.4 Å². The van der Waals surface area contributed by atoms with Crippen molar-refractivity contribution in [3.8, 4) is 0 Å². The summed E-state index contributed by atoms with van der Waals surface area (Å²) >= 11 is 0. The molecule has 0 amide bonds. The minimum absolute atomic E-state index is 0.169. The second-order valence-electron chi connectivity index (χ2n) is 6.62. The molecule has 5 heteroatoms. The van der Waals surface area contributed by atoms with E-state index in [1.807, 2.05) is 0 Å². The van der Waals surface area contributed by atoms with Crippen molar-refractivity contribution in [2.75, 3.05) is 0 Å². The van der Waals surface area contributed by atoms with Gasteiger partial charge in [0.15, 0.2) is 5.82 Å². The van der Waals surface area contributed by atoms with Crippen molar-refractivity contribution in [1.82, 2.24) is 10.1 Å². The quantitative estimate of drug-likeness (QED) is 0.841. The Morgan fingerprint density at radius 1 is 1.00 bits per heavy atom. The average Bonchev–Trinajstić information content (AvgIpc) is 3.15. The van der Waals surface area contributed by atoms with Crippen molar-refractivity contribution in [2.24, 2.45) is 5.73 Å². The molecular weight excluding hydrogens is 254 g/mol. The first-order chi connectivity index (χ1) is 9.81. The molecule has 0 radical (unpaired) electrons. The van der Waals surface area contributed by atoms with Crippen LogP contribution in [-0.2, 0) is 4.74 Å². The third-order valence-electron chi connectivity index (χ3n) is 5.28. The van der Waals surface area contributed by atoms with Gasteiger partial charge in [-0.15, -0.1) is 0 Å². The number of nitrogens with two attached hydrogens (primary N) is 1. The van der Waals surface area contributed by atoms with E-state index < -0.39 is 0 Å². The Kier molecular flexibility index (Phi) is 3.27. The van der Waals surface area contributed by atoms with E-state index in [2.05, 4.69) is 10.1 Å². The zero-order valence-corrected chi connectivity index (χ0v) is 11.8. The number of fused-ring (bicyclic) bond motifs is 2. The Balaban J connectivity index is 1.52. The van der Waals surface area contributed by atoms with Gasteiger partial charge in [0, 0.05) is 6.04 Å². The summed E-state index contributed by atoms with van der Waals surface area (Å²) in [7, 11) is 0. The Morgan fingerprint density at radius 2 is 1.90 bits per heavy atom. The first-order valence-corrected chi connectivity index (χ1v) is 8.06. The summed E-state index contributed by atoms with van der Waals surface area (Å²) in [5.41, 5.74) is 6.28. The first-order valence-electron chi connectivity index (χ1n) is 8.06. The lowest BCUT2D eigenvalue weighted by Gasteiger charge is -2.17. The van der Waals surface area contributed by atoms with Crippen LogP contribution in [0, 0.1) is 0 Å². The molecule has 3 fully saturated rings. The van der Waals surface area contributed by atoms with Crippen molar-refractivity contribution in [1.29, 1.82) is 0 Å². The van der Waals surface area contributed by atoms with Crippen molar-refractivity contribution in [3.05, 3.63) is 11.7 Å². The van der Waals surface area contributed by atoms with Gasteiger partial charge in [-0.2, -0.15) is 4.98 Å². The normalized spacial score (nSPS) is 41.0. The maximum absolute atomic E-state index is 6.28. The molecule has 1 saturated carbocycles. The van der Waals surface area contributed by atoms with Gasteiger partial charge in [0.1, 0.15) is 0 Å². The number of rotatable bonds is 2. The van der Waals surface area contributed by atoms with Gasteiger partial charge < -0.3 is 15.0 Å². The SMILES string of the molecule is NC1CCCCCC1c1nc(C2CC3CCC2O3)no1. The van der Waals surface area contributed by atoms with Gasteiger partial charge in [-0.3, -0.25) is 0 Å². The lowest BCUT2D eigenvalue weighted by Crippen LogP contribution is -2.27. The number of nitrogens with zero attached hydrogens (tertiary/aromatic N) is 2. The highest BCUT2D eigenvalue weighted by Gasteiger charge is 2.44. The van der Waals surface area contributed by atoms with Crippen LogP contribution in [0.2, 0.25) is 0 Å². The summed E-state index contributed by atoms with van der Waals surface area (Å²) in [5.74, 6) is 2.20. The van der Waals surface area contributed by atoms with Crippen LogP contribution in [0.5, 0.6) is 0 Å². The fraction of sp³-hybridized carbons (Fsp3) is 0.867. The van der Waals surface area contributed by atoms with Gasteiger partial charge in [0.05, 0.1) is 24.0 Å². The molecule has 110 valence electrons. The average molecular weight is 277 g/mol. The van der Waals surface area contributed by atoms with Crippen LogP contribution in [0.3, 0.4) is 0 Å². The molecule has 5 atom stereocenters. The van der Waals surface area contributed by atoms with Gasteiger partial charge in [0.2, 0.25) is 5.89 Å². The second kappa shape index (κ2) is 5.11. The smallest absolute Gasteiger partial charge is 0.231 e. The Hall–Kier alpha value is -0.940. The molecule has 2 N–H and O–H groups in total. The Labute approximate surface area is 119 Å². The zero-order chi connectivity index (χ0) is 13.5. The summed E-state index contributed by atoms with van der Waals surface area (Å²) < 4.78 is 11.4. The third kappa shape index (κ3) is 2.17. The van der Waals surface area contributed by atoms with Crippen molar-refractivity contribution in [2.45, 2.75) is 81.5 Å². The molecule has 2 aliphatic heterocycles. The van der Waals surface area contributed by atoms with Gasteiger partial charge in [-0.05, 0) is 32.1 Å².